The number of aromatic nitrogens is 4. The molecule has 0 aliphatic heterocycles. The second-order valence-corrected chi connectivity index (χ2v) is 7.27. The number of benzene rings is 2. The largest absolute Gasteiger partial charge is 0.490 e. The topological polar surface area (TPSA) is 111 Å². The van der Waals surface area contributed by atoms with E-state index in [1.165, 1.54) is 4.52 Å². The average molecular weight is 415 g/mol. The van der Waals surface area contributed by atoms with Crippen LogP contribution in [-0.2, 0) is 0 Å². The van der Waals surface area contributed by atoms with Crippen LogP contribution in [0.4, 0.5) is 0 Å². The summed E-state index contributed by atoms with van der Waals surface area (Å²) in [6.45, 7) is 4.46. The van der Waals surface area contributed by atoms with Crippen LogP contribution in [0, 0.1) is 13.8 Å². The minimum absolute atomic E-state index is 0.205. The standard InChI is InChI=1S/C23H21N5O3/c1-13-19(22-26-20-16(30-12-11-24)9-6-10-17(20)31-22)23(29)28-21(25-13)18(14(2)27-28)15-7-4-3-5-8-15/h3-10,27H,11-12,24H2,1-2H3. The lowest BCUT2D eigenvalue weighted by molar-refractivity contribution is 0.331. The van der Waals surface area contributed by atoms with Crippen molar-refractivity contribution in [3.63, 3.8) is 0 Å². The van der Waals surface area contributed by atoms with E-state index in [0.29, 0.717) is 46.9 Å². The average Bonchev–Trinajstić information content (AvgIpc) is 3.34. The third-order valence-corrected chi connectivity index (χ3v) is 5.18. The molecule has 0 unspecified atom stereocenters. The first-order chi connectivity index (χ1) is 15.1. The molecule has 0 spiro atoms. The zero-order valence-corrected chi connectivity index (χ0v) is 17.2. The van der Waals surface area contributed by atoms with E-state index in [1.54, 1.807) is 19.1 Å². The van der Waals surface area contributed by atoms with Gasteiger partial charge in [-0.25, -0.2) is 14.5 Å². The molecule has 0 amide bonds. The Bertz CT molecular complexity index is 1460. The molecule has 0 radical (unpaired) electrons. The lowest BCUT2D eigenvalue weighted by atomic mass is 10.1. The molecule has 0 aliphatic carbocycles. The second kappa shape index (κ2) is 7.41. The van der Waals surface area contributed by atoms with Gasteiger partial charge in [-0.3, -0.25) is 9.89 Å². The summed E-state index contributed by atoms with van der Waals surface area (Å²) in [7, 11) is 0. The molecule has 8 nitrogen and oxygen atoms in total. The van der Waals surface area contributed by atoms with Crippen molar-refractivity contribution in [1.29, 1.82) is 0 Å². The number of H-pyrrole nitrogens is 1. The highest BCUT2D eigenvalue weighted by atomic mass is 16.5. The van der Waals surface area contributed by atoms with Gasteiger partial charge in [0.05, 0.1) is 5.69 Å². The Labute approximate surface area is 177 Å². The molecule has 0 atom stereocenters. The Morgan fingerprint density at radius 2 is 1.87 bits per heavy atom. The number of para-hydroxylation sites is 1. The number of aromatic amines is 1. The normalized spacial score (nSPS) is 11.5. The van der Waals surface area contributed by atoms with E-state index in [1.807, 2.05) is 43.3 Å². The minimum Gasteiger partial charge on any atom is -0.490 e. The van der Waals surface area contributed by atoms with Crippen molar-refractivity contribution in [1.82, 2.24) is 19.6 Å². The number of nitrogens with zero attached hydrogens (tertiary/aromatic N) is 3. The molecule has 5 aromatic rings. The predicted octanol–water partition coefficient (Wildman–Crippen LogP) is 3.45. The Morgan fingerprint density at radius 3 is 2.65 bits per heavy atom. The molecule has 31 heavy (non-hydrogen) atoms. The number of rotatable bonds is 5. The Hall–Kier alpha value is -3.91. The maximum absolute atomic E-state index is 13.4. The third-order valence-electron chi connectivity index (χ3n) is 5.18. The van der Waals surface area contributed by atoms with Crippen LogP contribution in [0.1, 0.15) is 11.4 Å². The number of hydrogen-bond donors (Lipinski definition) is 2. The smallest absolute Gasteiger partial charge is 0.285 e. The van der Waals surface area contributed by atoms with Crippen LogP contribution in [0.3, 0.4) is 0 Å². The summed E-state index contributed by atoms with van der Waals surface area (Å²) in [5.74, 6) is 0.767. The number of aryl methyl sites for hydroxylation is 2. The van der Waals surface area contributed by atoms with Gasteiger partial charge in [0.25, 0.3) is 5.56 Å². The first kappa shape index (κ1) is 19.1. The molecule has 5 rings (SSSR count). The van der Waals surface area contributed by atoms with Crippen molar-refractivity contribution in [2.45, 2.75) is 13.8 Å². The van der Waals surface area contributed by atoms with Crippen molar-refractivity contribution in [2.75, 3.05) is 13.2 Å². The molecular formula is C23H21N5O3. The molecule has 156 valence electrons. The second-order valence-electron chi connectivity index (χ2n) is 7.27. The molecular weight excluding hydrogens is 394 g/mol. The van der Waals surface area contributed by atoms with E-state index in [-0.39, 0.29) is 11.4 Å². The number of ether oxygens (including phenoxy) is 1. The molecule has 3 heterocycles. The van der Waals surface area contributed by atoms with Crippen LogP contribution >= 0.6 is 0 Å². The molecule has 3 N–H and O–H groups in total. The van der Waals surface area contributed by atoms with Crippen LogP contribution < -0.4 is 16.0 Å². The van der Waals surface area contributed by atoms with Gasteiger partial charge < -0.3 is 14.9 Å². The zero-order valence-electron chi connectivity index (χ0n) is 17.2. The molecule has 0 bridgehead atoms. The maximum atomic E-state index is 13.4. The fraction of sp³-hybridized carbons (Fsp3) is 0.174. The number of nitrogens with two attached hydrogens (primary N) is 1. The van der Waals surface area contributed by atoms with Crippen LogP contribution in [0.2, 0.25) is 0 Å². The highest BCUT2D eigenvalue weighted by molar-refractivity contribution is 5.83. The number of hydrogen-bond acceptors (Lipinski definition) is 6. The lowest BCUT2D eigenvalue weighted by Crippen LogP contribution is -2.19. The van der Waals surface area contributed by atoms with Gasteiger partial charge >= 0.3 is 0 Å². The van der Waals surface area contributed by atoms with E-state index < -0.39 is 0 Å². The first-order valence-electron chi connectivity index (χ1n) is 9.98. The molecule has 0 saturated heterocycles. The van der Waals surface area contributed by atoms with Crippen LogP contribution in [0.5, 0.6) is 5.75 Å². The number of nitrogens with one attached hydrogen (secondary N) is 1. The van der Waals surface area contributed by atoms with E-state index in [0.717, 1.165) is 16.8 Å². The highest BCUT2D eigenvalue weighted by Crippen LogP contribution is 2.31. The van der Waals surface area contributed by atoms with Crippen molar-refractivity contribution in [3.05, 3.63) is 70.3 Å². The van der Waals surface area contributed by atoms with Gasteiger partial charge in [0, 0.05) is 17.8 Å². The number of oxazole rings is 1. The van der Waals surface area contributed by atoms with Gasteiger partial charge in [0.1, 0.15) is 17.9 Å². The molecule has 0 aliphatic rings. The molecule has 0 saturated carbocycles. The summed E-state index contributed by atoms with van der Waals surface area (Å²) >= 11 is 0. The fourth-order valence-corrected chi connectivity index (χ4v) is 3.80. The first-order valence-corrected chi connectivity index (χ1v) is 9.98. The monoisotopic (exact) mass is 415 g/mol. The molecule has 3 aromatic heterocycles. The summed E-state index contributed by atoms with van der Waals surface area (Å²) in [4.78, 5) is 22.7. The summed E-state index contributed by atoms with van der Waals surface area (Å²) < 4.78 is 13.0. The SMILES string of the molecule is Cc1nc2c(-c3ccccc3)c(C)[nH]n2c(=O)c1-c1nc2c(OCCN)cccc2o1. The maximum Gasteiger partial charge on any atom is 0.285 e. The van der Waals surface area contributed by atoms with E-state index in [9.17, 15) is 4.79 Å². The van der Waals surface area contributed by atoms with Crippen LogP contribution in [-0.4, -0.2) is 32.7 Å². The van der Waals surface area contributed by atoms with Gasteiger partial charge in [-0.15, -0.1) is 0 Å². The van der Waals surface area contributed by atoms with Gasteiger partial charge in [-0.2, -0.15) is 0 Å². The van der Waals surface area contributed by atoms with E-state index in [2.05, 4.69) is 10.1 Å². The number of fused-ring (bicyclic) bond motifs is 2. The quantitative estimate of drug-likeness (QED) is 0.455. The van der Waals surface area contributed by atoms with Gasteiger partial charge in [-0.1, -0.05) is 36.4 Å². The highest BCUT2D eigenvalue weighted by Gasteiger charge is 2.22. The Kier molecular flexibility index (Phi) is 4.56. The van der Waals surface area contributed by atoms with Gasteiger partial charge in [-0.05, 0) is 31.5 Å². The molecule has 2 aromatic carbocycles. The summed E-state index contributed by atoms with van der Waals surface area (Å²) in [6.07, 6.45) is 0. The van der Waals surface area contributed by atoms with Crippen LogP contribution in [0.25, 0.3) is 39.3 Å². The van der Waals surface area contributed by atoms with Crippen molar-refractivity contribution in [2.24, 2.45) is 5.73 Å². The molecule has 0 fully saturated rings. The van der Waals surface area contributed by atoms with Crippen molar-refractivity contribution >= 4 is 16.7 Å². The summed E-state index contributed by atoms with van der Waals surface area (Å²) in [6, 6.07) is 15.3. The van der Waals surface area contributed by atoms with Crippen LogP contribution in [0.15, 0.2) is 57.7 Å². The predicted molar refractivity (Wildman–Crippen MR) is 118 cm³/mol. The summed E-state index contributed by atoms with van der Waals surface area (Å²) in [5, 5.41) is 3.14. The third kappa shape index (κ3) is 3.08. The van der Waals surface area contributed by atoms with E-state index in [4.69, 9.17) is 19.9 Å². The van der Waals surface area contributed by atoms with Gasteiger partial charge in [0.15, 0.2) is 16.7 Å². The Morgan fingerprint density at radius 1 is 1.06 bits per heavy atom. The van der Waals surface area contributed by atoms with E-state index >= 15 is 0 Å². The minimum atomic E-state index is -0.274. The lowest BCUT2D eigenvalue weighted by Gasteiger charge is -2.04. The van der Waals surface area contributed by atoms with Gasteiger partial charge in [0.2, 0.25) is 5.89 Å². The van der Waals surface area contributed by atoms with Crippen molar-refractivity contribution < 1.29 is 9.15 Å². The zero-order chi connectivity index (χ0) is 21.5. The molecule has 8 heteroatoms. The fourth-order valence-electron chi connectivity index (χ4n) is 3.80. The summed E-state index contributed by atoms with van der Waals surface area (Å²) in [5.41, 5.74) is 10.5. The van der Waals surface area contributed by atoms with Crippen molar-refractivity contribution in [3.8, 4) is 28.3 Å². The Balaban J connectivity index is 1.71.